The highest BCUT2D eigenvalue weighted by molar-refractivity contribution is 7.19. The molecule has 0 radical (unpaired) electrons. The molecule has 0 aliphatic heterocycles. The van der Waals surface area contributed by atoms with Gasteiger partial charge in [-0.2, -0.15) is 0 Å². The van der Waals surface area contributed by atoms with E-state index in [4.69, 9.17) is 19.5 Å². The van der Waals surface area contributed by atoms with E-state index in [-0.39, 0.29) is 55.6 Å². The monoisotopic (exact) mass is 733 g/mol. The molecule has 0 aliphatic rings. The molecule has 10 rings (SSSR count). The van der Waals surface area contributed by atoms with Crippen LogP contribution >= 0.6 is 0 Å². The minimum atomic E-state index is -2.98. The molecular formula is C52H37NOSi. The summed E-state index contributed by atoms with van der Waals surface area (Å²) in [4.78, 5) is 1.57. The lowest BCUT2D eigenvalue weighted by Gasteiger charge is -2.35. The van der Waals surface area contributed by atoms with Gasteiger partial charge in [0.05, 0.1) is 19.2 Å². The van der Waals surface area contributed by atoms with E-state index in [1.165, 1.54) is 0 Å². The predicted octanol–water partition coefficient (Wildman–Crippen LogP) is 11.3. The summed E-state index contributed by atoms with van der Waals surface area (Å²) in [6, 6.07) is 38.4. The standard InChI is InChI=1S/C52H37NOSi/c1-5-15-41(16-6-1)53(42-29-25-38(26-30-42)39-27-35-48-40(37-39)28-36-51-52(48)49-23-13-14-24-50(49)54-51)43-31-33-47(34-32-43)55(44-17-7-2-8-18-44,45-19-9-3-10-20-45)46-21-11-4-12-22-46/h1-37H/i1D,5D,6D,13D,14D,15D,16D,23D,24D,27D,28D,35D,36D,37D. The van der Waals surface area contributed by atoms with Crippen molar-refractivity contribution < 1.29 is 23.6 Å². The van der Waals surface area contributed by atoms with Crippen molar-refractivity contribution >= 4 is 78.6 Å². The Morgan fingerprint density at radius 2 is 0.945 bits per heavy atom. The number of anilines is 3. The fraction of sp³-hybridized carbons (Fsp3) is 0. The van der Waals surface area contributed by atoms with Gasteiger partial charge in [-0.1, -0.05) is 170 Å². The Bertz CT molecular complexity index is 3580. The van der Waals surface area contributed by atoms with Crippen molar-refractivity contribution in [1.29, 1.82) is 0 Å². The minimum absolute atomic E-state index is 0.0521. The van der Waals surface area contributed by atoms with Gasteiger partial charge >= 0.3 is 0 Å². The minimum Gasteiger partial charge on any atom is -0.456 e. The van der Waals surface area contributed by atoms with E-state index < -0.39 is 86.6 Å². The molecule has 260 valence electrons. The fourth-order valence-corrected chi connectivity index (χ4v) is 12.3. The Balaban J connectivity index is 1.17. The Kier molecular flexibility index (Phi) is 5.29. The quantitative estimate of drug-likeness (QED) is 0.114. The van der Waals surface area contributed by atoms with Gasteiger partial charge in [-0.3, -0.25) is 0 Å². The van der Waals surface area contributed by atoms with Crippen LogP contribution in [0.25, 0.3) is 43.8 Å². The zero-order valence-corrected chi connectivity index (χ0v) is 30.1. The molecule has 55 heavy (non-hydrogen) atoms. The average Bonchev–Trinajstić information content (AvgIpc) is 3.78. The second-order valence-corrected chi connectivity index (χ2v) is 16.8. The lowest BCUT2D eigenvalue weighted by atomic mass is 9.98. The van der Waals surface area contributed by atoms with Crippen molar-refractivity contribution in [2.45, 2.75) is 0 Å². The van der Waals surface area contributed by atoms with Crippen LogP contribution < -0.4 is 25.6 Å². The van der Waals surface area contributed by atoms with Crippen LogP contribution in [0.4, 0.5) is 17.1 Å². The summed E-state index contributed by atoms with van der Waals surface area (Å²) in [5, 5.41) is 3.99. The van der Waals surface area contributed by atoms with Gasteiger partial charge in [0.25, 0.3) is 0 Å². The molecule has 0 bridgehead atoms. The molecule has 1 aromatic heterocycles. The van der Waals surface area contributed by atoms with Crippen LogP contribution in [-0.4, -0.2) is 8.07 Å². The van der Waals surface area contributed by atoms with E-state index in [0.29, 0.717) is 11.4 Å². The number of nitrogens with zero attached hydrogens (tertiary/aromatic N) is 1. The van der Waals surface area contributed by atoms with Crippen molar-refractivity contribution in [2.24, 2.45) is 0 Å². The van der Waals surface area contributed by atoms with E-state index >= 15 is 0 Å². The molecule has 1 heterocycles. The largest absolute Gasteiger partial charge is 0.456 e. The predicted molar refractivity (Wildman–Crippen MR) is 235 cm³/mol. The molecule has 0 atom stereocenters. The van der Waals surface area contributed by atoms with Crippen molar-refractivity contribution in [1.82, 2.24) is 0 Å². The second-order valence-electron chi connectivity index (χ2n) is 13.0. The number of hydrogen-bond donors (Lipinski definition) is 0. The van der Waals surface area contributed by atoms with Gasteiger partial charge in [0.2, 0.25) is 0 Å². The van der Waals surface area contributed by atoms with Crippen molar-refractivity contribution in [3.63, 3.8) is 0 Å². The van der Waals surface area contributed by atoms with E-state index in [1.54, 1.807) is 29.2 Å². The lowest BCUT2D eigenvalue weighted by molar-refractivity contribution is 0.669. The molecule has 10 aromatic rings. The first-order valence-corrected chi connectivity index (χ1v) is 19.7. The van der Waals surface area contributed by atoms with Crippen LogP contribution in [0.5, 0.6) is 0 Å². The molecule has 0 saturated carbocycles. The van der Waals surface area contributed by atoms with Gasteiger partial charge in [0.1, 0.15) is 11.2 Å². The summed E-state index contributed by atoms with van der Waals surface area (Å²) in [7, 11) is -2.98. The molecular weight excluding hydrogens is 683 g/mol. The third-order valence-corrected chi connectivity index (χ3v) is 14.8. The number of benzene rings is 9. The molecule has 0 aliphatic carbocycles. The van der Waals surface area contributed by atoms with Gasteiger partial charge in [-0.25, -0.2) is 0 Å². The van der Waals surface area contributed by atoms with Crippen LogP contribution in [-0.2, 0) is 0 Å². The molecule has 0 spiro atoms. The van der Waals surface area contributed by atoms with Gasteiger partial charge in [-0.05, 0) is 97.1 Å². The Morgan fingerprint density at radius 3 is 1.56 bits per heavy atom. The molecule has 0 fully saturated rings. The normalized spacial score (nSPS) is 15.2. The van der Waals surface area contributed by atoms with Crippen LogP contribution in [0.15, 0.2) is 229 Å². The number of para-hydroxylation sites is 2. The van der Waals surface area contributed by atoms with Crippen LogP contribution in [0.3, 0.4) is 0 Å². The fourth-order valence-electron chi connectivity index (χ4n) is 7.56. The van der Waals surface area contributed by atoms with Crippen molar-refractivity contribution in [3.05, 3.63) is 224 Å². The van der Waals surface area contributed by atoms with Gasteiger partial charge in [-0.15, -0.1) is 0 Å². The number of fused-ring (bicyclic) bond motifs is 5. The van der Waals surface area contributed by atoms with Crippen LogP contribution in [0.1, 0.15) is 19.2 Å². The van der Waals surface area contributed by atoms with Crippen LogP contribution in [0.2, 0.25) is 0 Å². The molecule has 0 N–H and O–H groups in total. The first kappa shape index (κ1) is 21.1. The second kappa shape index (κ2) is 13.8. The SMILES string of the molecule is [2H]c1c([2H])c([2H])c(N(c2ccc(-c3c([2H])c([2H])c4c(c3[2H])c([2H])c([2H])c3oc5c([2H])c([2H])c([2H])c([2H])c5c34)cc2)c2ccc([Si](c3ccccc3)(c3ccccc3)c3ccccc3)cc2)c([2H])c1[2H]. The summed E-state index contributed by atoms with van der Waals surface area (Å²) < 4.78 is 129. The summed E-state index contributed by atoms with van der Waals surface area (Å²) in [6.07, 6.45) is 0. The zero-order valence-electron chi connectivity index (χ0n) is 43.1. The first-order valence-electron chi connectivity index (χ1n) is 24.7. The number of furan rings is 1. The maximum Gasteiger partial charge on any atom is 0.179 e. The molecule has 2 nitrogen and oxygen atoms in total. The highest BCUT2D eigenvalue weighted by Crippen LogP contribution is 2.38. The maximum atomic E-state index is 9.44. The summed E-state index contributed by atoms with van der Waals surface area (Å²) >= 11 is 0. The van der Waals surface area contributed by atoms with E-state index in [1.807, 2.05) is 78.9 Å². The van der Waals surface area contributed by atoms with Gasteiger partial charge in [0, 0.05) is 27.8 Å². The van der Waals surface area contributed by atoms with Crippen LogP contribution in [0, 0.1) is 0 Å². The van der Waals surface area contributed by atoms with Crippen molar-refractivity contribution in [3.8, 4) is 11.1 Å². The molecule has 0 amide bonds. The Morgan fingerprint density at radius 1 is 0.400 bits per heavy atom. The van der Waals surface area contributed by atoms with E-state index in [9.17, 15) is 4.11 Å². The third kappa shape index (κ3) is 5.65. The Labute approximate surface area is 341 Å². The van der Waals surface area contributed by atoms with Gasteiger partial charge < -0.3 is 9.32 Å². The molecule has 9 aromatic carbocycles. The highest BCUT2D eigenvalue weighted by Gasteiger charge is 2.41. The first-order chi connectivity index (χ1) is 33.1. The van der Waals surface area contributed by atoms with E-state index in [2.05, 4.69) is 36.4 Å². The van der Waals surface area contributed by atoms with E-state index in [0.717, 1.165) is 20.7 Å². The van der Waals surface area contributed by atoms with Gasteiger partial charge in [0.15, 0.2) is 8.07 Å². The maximum absolute atomic E-state index is 9.44. The molecule has 0 saturated heterocycles. The highest BCUT2D eigenvalue weighted by atomic mass is 28.3. The summed E-state index contributed by atoms with van der Waals surface area (Å²) in [5.41, 5.74) is 0.419. The lowest BCUT2D eigenvalue weighted by Crippen LogP contribution is -2.74. The summed E-state index contributed by atoms with van der Waals surface area (Å²) in [6.45, 7) is 0. The average molecular weight is 734 g/mol. The number of hydrogen-bond acceptors (Lipinski definition) is 2. The molecule has 3 heteroatoms. The molecule has 0 unspecified atom stereocenters. The zero-order chi connectivity index (χ0) is 48.8. The summed E-state index contributed by atoms with van der Waals surface area (Å²) in [5.74, 6) is 0. The third-order valence-electron chi connectivity index (χ3n) is 10.0. The topological polar surface area (TPSA) is 16.4 Å². The number of rotatable bonds is 8. The smallest absolute Gasteiger partial charge is 0.179 e. The Hall–Kier alpha value is -6.94. The van der Waals surface area contributed by atoms with Crippen molar-refractivity contribution in [2.75, 3.05) is 4.90 Å².